The van der Waals surface area contributed by atoms with Crippen LogP contribution in [0.1, 0.15) is 71.1 Å². The first-order valence-electron chi connectivity index (χ1n) is 9.16. The predicted octanol–water partition coefficient (Wildman–Crippen LogP) is 6.05. The first kappa shape index (κ1) is 26.3. The molecule has 6 heteroatoms. The van der Waals surface area contributed by atoms with E-state index in [2.05, 4.69) is 17.9 Å². The van der Waals surface area contributed by atoms with Gasteiger partial charge in [0, 0.05) is 6.08 Å². The SMILES string of the molecule is CCCCCCCCCCCC=CC=CC(=CC=CC(=O)O)OO.OO. The molecule has 6 nitrogen and oxygen atoms in total. The molecule has 0 radical (unpaired) electrons. The van der Waals surface area contributed by atoms with Crippen molar-refractivity contribution in [2.75, 3.05) is 0 Å². The van der Waals surface area contributed by atoms with Crippen molar-refractivity contribution in [2.24, 2.45) is 0 Å². The number of carbonyl (C=O) groups is 1. The lowest BCUT2D eigenvalue weighted by Gasteiger charge is -2.00. The van der Waals surface area contributed by atoms with Crippen molar-refractivity contribution in [3.63, 3.8) is 0 Å². The molecule has 0 aliphatic carbocycles. The predicted molar refractivity (Wildman–Crippen MR) is 104 cm³/mol. The summed E-state index contributed by atoms with van der Waals surface area (Å²) in [7, 11) is 0. The van der Waals surface area contributed by atoms with E-state index in [1.807, 2.05) is 6.08 Å². The van der Waals surface area contributed by atoms with Gasteiger partial charge in [0.15, 0.2) is 5.76 Å². The number of hydrogen-bond acceptors (Lipinski definition) is 5. The maximum atomic E-state index is 10.3. The first-order valence-corrected chi connectivity index (χ1v) is 9.16. The zero-order valence-corrected chi connectivity index (χ0v) is 15.7. The molecule has 0 heterocycles. The van der Waals surface area contributed by atoms with Crippen LogP contribution in [0.3, 0.4) is 0 Å². The molecule has 26 heavy (non-hydrogen) atoms. The molecule has 0 aliphatic heterocycles. The largest absolute Gasteiger partial charge is 0.478 e. The highest BCUT2D eigenvalue weighted by atomic mass is 17.1. The zero-order chi connectivity index (χ0) is 19.9. The molecular formula is C20H34O6. The molecule has 0 fully saturated rings. The van der Waals surface area contributed by atoms with Crippen molar-refractivity contribution >= 4 is 5.97 Å². The minimum Gasteiger partial charge on any atom is -0.478 e. The third-order valence-electron chi connectivity index (χ3n) is 3.59. The van der Waals surface area contributed by atoms with Crippen molar-refractivity contribution in [1.29, 1.82) is 0 Å². The van der Waals surface area contributed by atoms with E-state index in [0.29, 0.717) is 0 Å². The van der Waals surface area contributed by atoms with Crippen molar-refractivity contribution < 1.29 is 30.6 Å². The summed E-state index contributed by atoms with van der Waals surface area (Å²) in [5.41, 5.74) is 0. The minimum atomic E-state index is -1.05. The van der Waals surface area contributed by atoms with E-state index in [1.165, 1.54) is 69.9 Å². The molecule has 0 aromatic rings. The van der Waals surface area contributed by atoms with Gasteiger partial charge in [-0.1, -0.05) is 82.6 Å². The molecule has 0 saturated heterocycles. The minimum absolute atomic E-state index is 0.181. The van der Waals surface area contributed by atoms with Gasteiger partial charge in [0.1, 0.15) is 0 Å². The molecule has 0 bridgehead atoms. The summed E-state index contributed by atoms with van der Waals surface area (Å²) < 4.78 is 0. The summed E-state index contributed by atoms with van der Waals surface area (Å²) in [5, 5.41) is 29.1. The smallest absolute Gasteiger partial charge is 0.328 e. The highest BCUT2D eigenvalue weighted by Crippen LogP contribution is 2.10. The fraction of sp³-hybridized carbons (Fsp3) is 0.550. The Morgan fingerprint density at radius 1 is 0.846 bits per heavy atom. The highest BCUT2D eigenvalue weighted by molar-refractivity contribution is 5.80. The van der Waals surface area contributed by atoms with Crippen LogP contribution in [-0.4, -0.2) is 26.8 Å². The molecule has 4 N–H and O–H groups in total. The van der Waals surface area contributed by atoms with Gasteiger partial charge in [0.2, 0.25) is 0 Å². The number of aliphatic carboxylic acids is 1. The zero-order valence-electron chi connectivity index (χ0n) is 15.7. The van der Waals surface area contributed by atoms with E-state index in [0.717, 1.165) is 12.5 Å². The van der Waals surface area contributed by atoms with Gasteiger partial charge in [-0.25, -0.2) is 10.1 Å². The summed E-state index contributed by atoms with van der Waals surface area (Å²) in [6, 6.07) is 0. The molecule has 0 atom stereocenters. The lowest BCUT2D eigenvalue weighted by molar-refractivity contribution is -0.198. The van der Waals surface area contributed by atoms with Crippen LogP contribution in [0, 0.1) is 0 Å². The summed E-state index contributed by atoms with van der Waals surface area (Å²) in [5.74, 6) is -0.867. The van der Waals surface area contributed by atoms with Crippen LogP contribution in [0.2, 0.25) is 0 Å². The number of allylic oxidation sites excluding steroid dienone is 6. The molecule has 150 valence electrons. The molecule has 0 rings (SSSR count). The van der Waals surface area contributed by atoms with E-state index in [4.69, 9.17) is 20.9 Å². The summed E-state index contributed by atoms with van der Waals surface area (Å²) in [6.07, 6.45) is 23.9. The standard InChI is InChI=1S/C20H32O4.H2O2/c1-2-3-4-5-6-7-8-9-10-11-12-13-14-16-19(24-23)17-15-18-20(21)22;1-2/h12-18,23H,2-11H2,1H3,(H,21,22);1-2H. The van der Waals surface area contributed by atoms with Crippen LogP contribution < -0.4 is 0 Å². The quantitative estimate of drug-likeness (QED) is 0.0698. The lowest BCUT2D eigenvalue weighted by atomic mass is 10.1. The van der Waals surface area contributed by atoms with Crippen LogP contribution in [-0.2, 0) is 9.68 Å². The van der Waals surface area contributed by atoms with Gasteiger partial charge in [0.05, 0.1) is 0 Å². The second-order valence-corrected chi connectivity index (χ2v) is 5.76. The Hall–Kier alpha value is -1.89. The van der Waals surface area contributed by atoms with Crippen molar-refractivity contribution in [3.8, 4) is 0 Å². The Bertz CT molecular complexity index is 424. The average molecular weight is 370 g/mol. The Balaban J connectivity index is 0. The van der Waals surface area contributed by atoms with Crippen molar-refractivity contribution in [3.05, 3.63) is 48.3 Å². The van der Waals surface area contributed by atoms with E-state index < -0.39 is 5.97 Å². The fourth-order valence-electron chi connectivity index (χ4n) is 2.24. The molecule has 0 saturated carbocycles. The fourth-order valence-corrected chi connectivity index (χ4v) is 2.24. The van der Waals surface area contributed by atoms with Crippen molar-refractivity contribution in [1.82, 2.24) is 0 Å². The third-order valence-corrected chi connectivity index (χ3v) is 3.59. The Morgan fingerprint density at radius 3 is 1.96 bits per heavy atom. The topological polar surface area (TPSA) is 107 Å². The number of hydrogen-bond donors (Lipinski definition) is 4. The molecule has 0 aliphatic rings. The normalized spacial score (nSPS) is 11.9. The number of rotatable bonds is 15. The number of carboxylic acid groups (broad SMARTS) is 1. The Morgan fingerprint density at radius 2 is 1.42 bits per heavy atom. The number of unbranched alkanes of at least 4 members (excludes halogenated alkanes) is 9. The molecule has 0 spiro atoms. The summed E-state index contributed by atoms with van der Waals surface area (Å²) in [6.45, 7) is 2.24. The van der Waals surface area contributed by atoms with Crippen LogP contribution in [0.5, 0.6) is 0 Å². The third kappa shape index (κ3) is 22.1. The molecular weight excluding hydrogens is 336 g/mol. The Labute approximate surface area is 156 Å². The lowest BCUT2D eigenvalue weighted by Crippen LogP contribution is -1.85. The van der Waals surface area contributed by atoms with Gasteiger partial charge in [0.25, 0.3) is 0 Å². The molecule has 0 aromatic heterocycles. The van der Waals surface area contributed by atoms with Gasteiger partial charge in [-0.2, -0.15) is 0 Å². The van der Waals surface area contributed by atoms with Crippen molar-refractivity contribution in [2.45, 2.75) is 71.1 Å². The van der Waals surface area contributed by atoms with Crippen LogP contribution in [0.15, 0.2) is 48.3 Å². The van der Waals surface area contributed by atoms with Gasteiger partial charge in [-0.15, -0.1) is 0 Å². The van der Waals surface area contributed by atoms with Crippen LogP contribution in [0.25, 0.3) is 0 Å². The average Bonchev–Trinajstić information content (AvgIpc) is 2.65. The van der Waals surface area contributed by atoms with Crippen LogP contribution >= 0.6 is 0 Å². The van der Waals surface area contributed by atoms with Gasteiger partial charge < -0.3 is 9.99 Å². The van der Waals surface area contributed by atoms with Gasteiger partial charge in [-0.3, -0.25) is 10.5 Å². The second kappa shape index (κ2) is 23.1. The van der Waals surface area contributed by atoms with E-state index in [1.54, 1.807) is 12.2 Å². The van der Waals surface area contributed by atoms with Crippen LogP contribution in [0.4, 0.5) is 0 Å². The first-order chi connectivity index (χ1) is 12.7. The van der Waals surface area contributed by atoms with E-state index in [9.17, 15) is 4.79 Å². The van der Waals surface area contributed by atoms with E-state index >= 15 is 0 Å². The monoisotopic (exact) mass is 370 g/mol. The van der Waals surface area contributed by atoms with E-state index in [-0.39, 0.29) is 5.76 Å². The maximum Gasteiger partial charge on any atom is 0.328 e. The second-order valence-electron chi connectivity index (χ2n) is 5.76. The summed E-state index contributed by atoms with van der Waals surface area (Å²) in [4.78, 5) is 14.4. The molecule has 0 amide bonds. The number of carboxylic acids is 1. The molecule has 0 unspecified atom stereocenters. The van der Waals surface area contributed by atoms with Gasteiger partial charge in [-0.05, 0) is 25.0 Å². The summed E-state index contributed by atoms with van der Waals surface area (Å²) >= 11 is 0. The highest BCUT2D eigenvalue weighted by Gasteiger charge is 1.91. The Kier molecular flexibility index (Phi) is 23.4. The van der Waals surface area contributed by atoms with Gasteiger partial charge >= 0.3 is 5.97 Å². The maximum absolute atomic E-state index is 10.3. The molecule has 0 aromatic carbocycles.